The highest BCUT2D eigenvalue weighted by molar-refractivity contribution is 6.42. The molecule has 0 N–H and O–H groups in total. The van der Waals surface area contributed by atoms with Crippen LogP contribution < -0.4 is 9.47 Å². The molecule has 21 heavy (non-hydrogen) atoms. The van der Waals surface area contributed by atoms with Gasteiger partial charge in [-0.1, -0.05) is 23.2 Å². The normalized spacial score (nSPS) is 10.3. The molecule has 0 aliphatic carbocycles. The van der Waals surface area contributed by atoms with E-state index in [1.807, 2.05) is 0 Å². The van der Waals surface area contributed by atoms with Crippen LogP contribution in [0, 0.1) is 5.82 Å². The number of hydrogen-bond acceptors (Lipinski definition) is 3. The van der Waals surface area contributed by atoms with Gasteiger partial charge in [-0.05, 0) is 30.3 Å². The third-order valence-corrected chi connectivity index (χ3v) is 3.46. The molecule has 0 aliphatic heterocycles. The summed E-state index contributed by atoms with van der Waals surface area (Å²) in [5.74, 6) is -0.238. The van der Waals surface area contributed by atoms with Gasteiger partial charge in [0, 0.05) is 6.07 Å². The average Bonchev–Trinajstić information content (AvgIpc) is 2.48. The topological polar surface area (TPSA) is 35.5 Å². The maximum Gasteiger partial charge on any atom is 0.204 e. The summed E-state index contributed by atoms with van der Waals surface area (Å²) >= 11 is 11.6. The Balaban J connectivity index is 2.11. The average molecular weight is 329 g/mol. The summed E-state index contributed by atoms with van der Waals surface area (Å²) in [5, 5.41) is 0.715. The van der Waals surface area contributed by atoms with Crippen LogP contribution in [0.25, 0.3) is 0 Å². The first-order valence-electron chi connectivity index (χ1n) is 5.96. The number of benzene rings is 2. The molecule has 0 atom stereocenters. The van der Waals surface area contributed by atoms with Crippen LogP contribution in [0.2, 0.25) is 10.0 Å². The fourth-order valence-corrected chi connectivity index (χ4v) is 1.98. The van der Waals surface area contributed by atoms with Crippen molar-refractivity contribution < 1.29 is 18.7 Å². The molecule has 0 amide bonds. The summed E-state index contributed by atoms with van der Waals surface area (Å²) in [6.45, 7) is -0.266. The molecule has 3 nitrogen and oxygen atoms in total. The molecule has 0 heterocycles. The van der Waals surface area contributed by atoms with Crippen molar-refractivity contribution in [2.24, 2.45) is 0 Å². The van der Waals surface area contributed by atoms with E-state index in [-0.39, 0.29) is 12.2 Å². The van der Waals surface area contributed by atoms with E-state index in [1.54, 1.807) is 12.1 Å². The Morgan fingerprint density at radius 3 is 2.57 bits per heavy atom. The zero-order chi connectivity index (χ0) is 15.4. The number of hydrogen-bond donors (Lipinski definition) is 0. The van der Waals surface area contributed by atoms with Crippen LogP contribution in [-0.2, 0) is 0 Å². The van der Waals surface area contributed by atoms with Crippen molar-refractivity contribution in [3.63, 3.8) is 0 Å². The highest BCUT2D eigenvalue weighted by Crippen LogP contribution is 2.26. The first kappa shape index (κ1) is 15.6. The Hall–Kier alpha value is -1.78. The molecule has 0 spiro atoms. The number of ether oxygens (including phenoxy) is 2. The minimum absolute atomic E-state index is 0.123. The van der Waals surface area contributed by atoms with Crippen LogP contribution in [0.4, 0.5) is 4.39 Å². The summed E-state index contributed by atoms with van der Waals surface area (Å²) in [6, 6.07) is 8.37. The number of Topliss-reactive ketones (excluding diaryl/α,β-unsaturated/α-hetero) is 1. The predicted molar refractivity (Wildman–Crippen MR) is 79.2 cm³/mol. The highest BCUT2D eigenvalue weighted by Gasteiger charge is 2.14. The first-order valence-corrected chi connectivity index (χ1v) is 6.71. The molecule has 6 heteroatoms. The van der Waals surface area contributed by atoms with Gasteiger partial charge in [-0.15, -0.1) is 0 Å². The molecule has 2 aromatic rings. The van der Waals surface area contributed by atoms with E-state index in [4.69, 9.17) is 32.7 Å². The number of carbonyl (C=O) groups is 1. The second kappa shape index (κ2) is 6.78. The quantitative estimate of drug-likeness (QED) is 0.763. The van der Waals surface area contributed by atoms with Crippen LogP contribution in [0.5, 0.6) is 11.5 Å². The lowest BCUT2D eigenvalue weighted by atomic mass is 10.1. The SMILES string of the molecule is COc1ccc(F)cc1C(=O)COc1ccc(Cl)c(Cl)c1. The minimum Gasteiger partial charge on any atom is -0.496 e. The molecule has 0 unspecified atom stereocenters. The standard InChI is InChI=1S/C15H11Cl2FO3/c1-20-15-5-2-9(18)6-11(15)14(19)8-21-10-3-4-12(16)13(17)7-10/h2-7H,8H2,1H3. The van der Waals surface area contributed by atoms with Crippen LogP contribution >= 0.6 is 23.2 Å². The second-order valence-corrected chi connectivity index (χ2v) is 4.95. The number of carbonyl (C=O) groups excluding carboxylic acids is 1. The van der Waals surface area contributed by atoms with E-state index < -0.39 is 11.6 Å². The summed E-state index contributed by atoms with van der Waals surface area (Å²) < 4.78 is 23.6. The van der Waals surface area contributed by atoms with Gasteiger partial charge in [0.25, 0.3) is 0 Å². The molecule has 0 radical (unpaired) electrons. The van der Waals surface area contributed by atoms with E-state index in [1.165, 1.54) is 25.3 Å². The number of methoxy groups -OCH3 is 1. The van der Waals surface area contributed by atoms with Crippen molar-refractivity contribution in [2.75, 3.05) is 13.7 Å². The Morgan fingerprint density at radius 2 is 1.90 bits per heavy atom. The van der Waals surface area contributed by atoms with E-state index in [0.29, 0.717) is 21.5 Å². The van der Waals surface area contributed by atoms with Crippen molar-refractivity contribution >= 4 is 29.0 Å². The Labute approximate surface area is 131 Å². The summed E-state index contributed by atoms with van der Waals surface area (Å²) in [6.07, 6.45) is 0. The van der Waals surface area contributed by atoms with Crippen molar-refractivity contribution in [3.05, 3.63) is 57.8 Å². The first-order chi connectivity index (χ1) is 10.0. The third-order valence-electron chi connectivity index (χ3n) is 2.72. The lowest BCUT2D eigenvalue weighted by Gasteiger charge is -2.09. The largest absolute Gasteiger partial charge is 0.496 e. The molecule has 2 rings (SSSR count). The molecule has 110 valence electrons. The maximum absolute atomic E-state index is 13.2. The number of rotatable bonds is 5. The minimum atomic E-state index is -0.520. The van der Waals surface area contributed by atoms with Crippen molar-refractivity contribution in [1.29, 1.82) is 0 Å². The molecular formula is C15H11Cl2FO3. The third kappa shape index (κ3) is 3.86. The van der Waals surface area contributed by atoms with Gasteiger partial charge in [0.15, 0.2) is 6.61 Å². The molecule has 0 saturated heterocycles. The van der Waals surface area contributed by atoms with E-state index >= 15 is 0 Å². The summed E-state index contributed by atoms with van der Waals surface area (Å²) in [7, 11) is 1.41. The summed E-state index contributed by atoms with van der Waals surface area (Å²) in [4.78, 5) is 12.1. The zero-order valence-electron chi connectivity index (χ0n) is 11.0. The van der Waals surface area contributed by atoms with E-state index in [2.05, 4.69) is 0 Å². The number of halogens is 3. The molecule has 2 aromatic carbocycles. The Bertz CT molecular complexity index is 674. The van der Waals surface area contributed by atoms with Gasteiger partial charge in [0.1, 0.15) is 17.3 Å². The van der Waals surface area contributed by atoms with Crippen LogP contribution in [0.1, 0.15) is 10.4 Å². The molecule has 0 saturated carbocycles. The highest BCUT2D eigenvalue weighted by atomic mass is 35.5. The second-order valence-electron chi connectivity index (χ2n) is 4.13. The van der Waals surface area contributed by atoms with Gasteiger partial charge in [-0.3, -0.25) is 4.79 Å². The Kier molecular flexibility index (Phi) is 5.04. The number of ketones is 1. The van der Waals surface area contributed by atoms with Gasteiger partial charge < -0.3 is 9.47 Å². The van der Waals surface area contributed by atoms with Gasteiger partial charge >= 0.3 is 0 Å². The predicted octanol–water partition coefficient (Wildman–Crippen LogP) is 4.40. The monoisotopic (exact) mass is 328 g/mol. The molecule has 0 bridgehead atoms. The molecular weight excluding hydrogens is 318 g/mol. The fraction of sp³-hybridized carbons (Fsp3) is 0.133. The summed E-state index contributed by atoms with van der Waals surface area (Å²) in [5.41, 5.74) is 0.123. The van der Waals surface area contributed by atoms with Gasteiger partial charge in [-0.25, -0.2) is 4.39 Å². The van der Waals surface area contributed by atoms with Crippen molar-refractivity contribution in [2.45, 2.75) is 0 Å². The molecule has 0 aliphatic rings. The lowest BCUT2D eigenvalue weighted by Crippen LogP contribution is -2.13. The fourth-order valence-electron chi connectivity index (χ4n) is 1.69. The van der Waals surface area contributed by atoms with E-state index in [9.17, 15) is 9.18 Å². The van der Waals surface area contributed by atoms with Gasteiger partial charge in [0.2, 0.25) is 5.78 Å². The molecule has 0 aromatic heterocycles. The van der Waals surface area contributed by atoms with Crippen LogP contribution in [-0.4, -0.2) is 19.5 Å². The maximum atomic E-state index is 13.2. The lowest BCUT2D eigenvalue weighted by molar-refractivity contribution is 0.0918. The smallest absolute Gasteiger partial charge is 0.204 e. The van der Waals surface area contributed by atoms with Crippen molar-refractivity contribution in [3.8, 4) is 11.5 Å². The van der Waals surface area contributed by atoms with Gasteiger partial charge in [0.05, 0.1) is 22.7 Å². The van der Waals surface area contributed by atoms with Gasteiger partial charge in [-0.2, -0.15) is 0 Å². The van der Waals surface area contributed by atoms with Crippen molar-refractivity contribution in [1.82, 2.24) is 0 Å². The van der Waals surface area contributed by atoms with Crippen LogP contribution in [0.3, 0.4) is 0 Å². The zero-order valence-corrected chi connectivity index (χ0v) is 12.5. The Morgan fingerprint density at radius 1 is 1.14 bits per heavy atom. The van der Waals surface area contributed by atoms with E-state index in [0.717, 1.165) is 6.07 Å². The van der Waals surface area contributed by atoms with Crippen LogP contribution in [0.15, 0.2) is 36.4 Å². The molecule has 0 fully saturated rings.